The van der Waals surface area contributed by atoms with Crippen LogP contribution < -0.4 is 10.6 Å². The van der Waals surface area contributed by atoms with Gasteiger partial charge in [0.1, 0.15) is 0 Å². The molecule has 2 rings (SSSR count). The zero-order valence-corrected chi connectivity index (χ0v) is 14.3. The molecule has 0 aliphatic carbocycles. The molecule has 2 aromatic rings. The summed E-state index contributed by atoms with van der Waals surface area (Å²) < 4.78 is 0. The first kappa shape index (κ1) is 17.0. The first-order valence-electron chi connectivity index (χ1n) is 8.10. The van der Waals surface area contributed by atoms with E-state index in [9.17, 15) is 4.79 Å². The molecule has 122 valence electrons. The van der Waals surface area contributed by atoms with Gasteiger partial charge in [-0.1, -0.05) is 39.0 Å². The second-order valence-corrected chi connectivity index (χ2v) is 6.15. The van der Waals surface area contributed by atoms with Gasteiger partial charge in [-0.15, -0.1) is 0 Å². The average Bonchev–Trinajstić information content (AvgIpc) is 2.54. The summed E-state index contributed by atoms with van der Waals surface area (Å²) in [6.45, 7) is 9.01. The summed E-state index contributed by atoms with van der Waals surface area (Å²) in [5.41, 5.74) is 4.92. The normalized spacial score (nSPS) is 10.7. The Morgan fingerprint density at radius 2 is 2.04 bits per heavy atom. The van der Waals surface area contributed by atoms with Crippen molar-refractivity contribution in [1.82, 2.24) is 10.3 Å². The van der Waals surface area contributed by atoms with Crippen molar-refractivity contribution in [3.8, 4) is 0 Å². The van der Waals surface area contributed by atoms with E-state index < -0.39 is 0 Å². The maximum absolute atomic E-state index is 12.2. The van der Waals surface area contributed by atoms with E-state index in [1.165, 1.54) is 11.1 Å². The number of hydrogen-bond donors (Lipinski definition) is 2. The van der Waals surface area contributed by atoms with Gasteiger partial charge in [0.05, 0.1) is 17.4 Å². The van der Waals surface area contributed by atoms with Crippen LogP contribution in [0.15, 0.2) is 36.7 Å². The van der Waals surface area contributed by atoms with Crippen LogP contribution >= 0.6 is 0 Å². The molecule has 0 spiro atoms. The molecule has 1 heterocycles. The summed E-state index contributed by atoms with van der Waals surface area (Å²) >= 11 is 0. The Balaban J connectivity index is 2.19. The van der Waals surface area contributed by atoms with Crippen LogP contribution in [0, 0.1) is 12.8 Å². The summed E-state index contributed by atoms with van der Waals surface area (Å²) in [4.78, 5) is 16.4. The van der Waals surface area contributed by atoms with Crippen LogP contribution in [0.4, 0.5) is 11.4 Å². The fourth-order valence-corrected chi connectivity index (χ4v) is 2.38. The topological polar surface area (TPSA) is 54.0 Å². The Hall–Kier alpha value is -2.36. The zero-order valence-electron chi connectivity index (χ0n) is 14.3. The summed E-state index contributed by atoms with van der Waals surface area (Å²) in [6, 6.07) is 8.10. The maximum atomic E-state index is 12.2. The number of nitrogens with one attached hydrogen (secondary N) is 2. The molecule has 0 fully saturated rings. The van der Waals surface area contributed by atoms with Gasteiger partial charge in [0.25, 0.3) is 5.91 Å². The summed E-state index contributed by atoms with van der Waals surface area (Å²) in [5, 5.41) is 6.33. The molecule has 0 unspecified atom stereocenters. The van der Waals surface area contributed by atoms with Crippen LogP contribution in [-0.2, 0) is 6.42 Å². The molecule has 0 bridgehead atoms. The van der Waals surface area contributed by atoms with Crippen LogP contribution in [0.1, 0.15) is 42.3 Å². The molecule has 1 aromatic heterocycles. The number of amides is 1. The van der Waals surface area contributed by atoms with Crippen LogP contribution in [0.25, 0.3) is 0 Å². The number of para-hydroxylation sites is 1. The molecule has 0 aliphatic rings. The number of aromatic nitrogens is 1. The largest absolute Gasteiger partial charge is 0.354 e. The monoisotopic (exact) mass is 311 g/mol. The molecule has 1 aromatic carbocycles. The molecule has 0 radical (unpaired) electrons. The Morgan fingerprint density at radius 3 is 2.74 bits per heavy atom. The lowest BCUT2D eigenvalue weighted by Crippen LogP contribution is -2.27. The first-order chi connectivity index (χ1) is 11.0. The summed E-state index contributed by atoms with van der Waals surface area (Å²) in [6.07, 6.45) is 4.29. The number of hydrogen-bond acceptors (Lipinski definition) is 3. The number of anilines is 2. The lowest BCUT2D eigenvalue weighted by Gasteiger charge is -2.14. The third-order valence-electron chi connectivity index (χ3n) is 3.68. The second-order valence-electron chi connectivity index (χ2n) is 6.15. The van der Waals surface area contributed by atoms with Crippen molar-refractivity contribution in [2.45, 2.75) is 34.1 Å². The molecule has 2 N–H and O–H groups in total. The van der Waals surface area contributed by atoms with E-state index in [1.54, 1.807) is 12.4 Å². The Kier molecular flexibility index (Phi) is 5.74. The highest BCUT2D eigenvalue weighted by Gasteiger charge is 2.09. The first-order valence-corrected chi connectivity index (χ1v) is 8.10. The predicted octanol–water partition coefficient (Wildman–Crippen LogP) is 4.08. The van der Waals surface area contributed by atoms with Crippen molar-refractivity contribution < 1.29 is 4.79 Å². The molecule has 4 nitrogen and oxygen atoms in total. The van der Waals surface area contributed by atoms with Crippen LogP contribution in [-0.4, -0.2) is 17.4 Å². The van der Waals surface area contributed by atoms with Gasteiger partial charge in [-0.05, 0) is 36.5 Å². The van der Waals surface area contributed by atoms with E-state index in [0.29, 0.717) is 18.0 Å². The van der Waals surface area contributed by atoms with E-state index in [1.807, 2.05) is 6.07 Å². The molecule has 0 saturated heterocycles. The van der Waals surface area contributed by atoms with Gasteiger partial charge in [-0.2, -0.15) is 0 Å². The van der Waals surface area contributed by atoms with Gasteiger partial charge < -0.3 is 10.6 Å². The molecule has 4 heteroatoms. The van der Waals surface area contributed by atoms with Crippen molar-refractivity contribution in [3.05, 3.63) is 53.3 Å². The van der Waals surface area contributed by atoms with E-state index in [2.05, 4.69) is 61.5 Å². The maximum Gasteiger partial charge on any atom is 0.252 e. The van der Waals surface area contributed by atoms with Crippen molar-refractivity contribution in [1.29, 1.82) is 0 Å². The fraction of sp³-hybridized carbons (Fsp3) is 0.368. The van der Waals surface area contributed by atoms with Gasteiger partial charge in [0, 0.05) is 18.4 Å². The van der Waals surface area contributed by atoms with E-state index in [-0.39, 0.29) is 5.91 Å². The van der Waals surface area contributed by atoms with Crippen molar-refractivity contribution >= 4 is 17.3 Å². The number of rotatable bonds is 6. The van der Waals surface area contributed by atoms with Gasteiger partial charge >= 0.3 is 0 Å². The van der Waals surface area contributed by atoms with E-state index in [0.717, 1.165) is 17.8 Å². The minimum absolute atomic E-state index is 0.0876. The number of benzene rings is 1. The Morgan fingerprint density at radius 1 is 1.26 bits per heavy atom. The minimum atomic E-state index is -0.0876. The van der Waals surface area contributed by atoms with E-state index in [4.69, 9.17) is 0 Å². The second kappa shape index (κ2) is 7.77. The van der Waals surface area contributed by atoms with Gasteiger partial charge in [-0.25, -0.2) is 0 Å². The van der Waals surface area contributed by atoms with Gasteiger partial charge in [0.2, 0.25) is 0 Å². The van der Waals surface area contributed by atoms with Gasteiger partial charge in [0.15, 0.2) is 0 Å². The quantitative estimate of drug-likeness (QED) is 0.845. The number of nitrogens with zero attached hydrogens (tertiary/aromatic N) is 1. The molecule has 0 saturated carbocycles. The summed E-state index contributed by atoms with van der Waals surface area (Å²) in [5.74, 6) is 0.336. The van der Waals surface area contributed by atoms with Crippen molar-refractivity contribution in [3.63, 3.8) is 0 Å². The fourth-order valence-electron chi connectivity index (χ4n) is 2.38. The smallest absolute Gasteiger partial charge is 0.252 e. The molecular formula is C19H25N3O. The highest BCUT2D eigenvalue weighted by Crippen LogP contribution is 2.25. The highest BCUT2D eigenvalue weighted by molar-refractivity contribution is 5.94. The van der Waals surface area contributed by atoms with Crippen molar-refractivity contribution in [2.24, 2.45) is 5.92 Å². The van der Waals surface area contributed by atoms with Crippen molar-refractivity contribution in [2.75, 3.05) is 11.9 Å². The molecule has 1 amide bonds. The lowest BCUT2D eigenvalue weighted by atomic mass is 10.1. The number of carbonyl (C=O) groups is 1. The van der Waals surface area contributed by atoms with Crippen LogP contribution in [0.3, 0.4) is 0 Å². The van der Waals surface area contributed by atoms with Crippen LogP contribution in [0.2, 0.25) is 0 Å². The van der Waals surface area contributed by atoms with Crippen LogP contribution in [0.5, 0.6) is 0 Å². The third-order valence-corrected chi connectivity index (χ3v) is 3.68. The molecular weight excluding hydrogens is 286 g/mol. The average molecular weight is 311 g/mol. The Labute approximate surface area is 138 Å². The number of pyridine rings is 1. The third kappa shape index (κ3) is 4.55. The lowest BCUT2D eigenvalue weighted by molar-refractivity contribution is 0.0948. The summed E-state index contributed by atoms with van der Waals surface area (Å²) in [7, 11) is 0. The molecule has 23 heavy (non-hydrogen) atoms. The SMILES string of the molecule is CCc1cccc(C)c1Nc1cncc(C(=O)NCC(C)C)c1. The Bertz CT molecular complexity index is 680. The molecule has 0 aliphatic heterocycles. The molecule has 0 atom stereocenters. The zero-order chi connectivity index (χ0) is 16.8. The number of aryl methyl sites for hydroxylation is 2. The highest BCUT2D eigenvalue weighted by atomic mass is 16.1. The number of carbonyl (C=O) groups excluding carboxylic acids is 1. The van der Waals surface area contributed by atoms with Gasteiger partial charge in [-0.3, -0.25) is 9.78 Å². The van der Waals surface area contributed by atoms with E-state index >= 15 is 0 Å². The minimum Gasteiger partial charge on any atom is -0.354 e. The standard InChI is InChI=1S/C19H25N3O/c1-5-15-8-6-7-14(4)18(15)22-17-9-16(11-20-12-17)19(23)21-10-13(2)3/h6-9,11-13,22H,5,10H2,1-4H3,(H,21,23). The predicted molar refractivity (Wildman–Crippen MR) is 95.2 cm³/mol.